The molecule has 27 heavy (non-hydrogen) atoms. The predicted molar refractivity (Wildman–Crippen MR) is 105 cm³/mol. The van der Waals surface area contributed by atoms with Gasteiger partial charge in [-0.1, -0.05) is 17.7 Å². The molecule has 0 saturated heterocycles. The predicted octanol–water partition coefficient (Wildman–Crippen LogP) is 4.70. The lowest BCUT2D eigenvalue weighted by atomic mass is 10.1. The minimum absolute atomic E-state index is 0.0876. The summed E-state index contributed by atoms with van der Waals surface area (Å²) in [6, 6.07) is 12.5. The maximum absolute atomic E-state index is 13.1. The number of carbonyl (C=O) groups is 2. The van der Waals surface area contributed by atoms with Crippen LogP contribution < -0.4 is 5.32 Å². The number of rotatable bonds is 5. The van der Waals surface area contributed by atoms with E-state index in [0.717, 1.165) is 16.1 Å². The molecule has 7 heteroatoms. The summed E-state index contributed by atoms with van der Waals surface area (Å²) in [7, 11) is 0. The van der Waals surface area contributed by atoms with Crippen LogP contribution in [0.15, 0.2) is 64.2 Å². The topological polar surface area (TPSA) is 62.6 Å². The molecule has 1 N–H and O–H groups in total. The molecule has 3 heterocycles. The maximum Gasteiger partial charge on any atom is 0.278 e. The second-order valence-electron chi connectivity index (χ2n) is 6.09. The molecule has 0 unspecified atom stereocenters. The van der Waals surface area contributed by atoms with Gasteiger partial charge in [0.1, 0.15) is 11.5 Å². The number of halogens is 1. The van der Waals surface area contributed by atoms with Gasteiger partial charge in [0.2, 0.25) is 0 Å². The van der Waals surface area contributed by atoms with E-state index in [1.807, 2.05) is 24.4 Å². The van der Waals surface area contributed by atoms with Gasteiger partial charge in [0, 0.05) is 15.6 Å². The highest BCUT2D eigenvalue weighted by atomic mass is 35.5. The fraction of sp³-hybridized carbons (Fsp3) is 0.100. The lowest BCUT2D eigenvalue weighted by Crippen LogP contribution is -2.31. The van der Waals surface area contributed by atoms with Gasteiger partial charge < -0.3 is 9.73 Å². The van der Waals surface area contributed by atoms with Crippen molar-refractivity contribution in [3.05, 3.63) is 81.0 Å². The summed E-state index contributed by atoms with van der Waals surface area (Å²) in [6.07, 6.45) is 1.52. The van der Waals surface area contributed by atoms with E-state index < -0.39 is 0 Å². The highest BCUT2D eigenvalue weighted by molar-refractivity contribution is 7.11. The second-order valence-corrected chi connectivity index (χ2v) is 7.47. The van der Waals surface area contributed by atoms with E-state index in [0.29, 0.717) is 16.4 Å². The van der Waals surface area contributed by atoms with Crippen molar-refractivity contribution < 1.29 is 14.0 Å². The smallest absolute Gasteiger partial charge is 0.278 e. The lowest BCUT2D eigenvalue weighted by Gasteiger charge is -2.14. The Morgan fingerprint density at radius 1 is 1.15 bits per heavy atom. The third-order valence-electron chi connectivity index (χ3n) is 4.28. The minimum atomic E-state index is -0.380. The SMILES string of the molecule is Cc1cc(Cl)ccc1NC1=C(c2cccs2)C(=O)N(Cc2ccco2)C1=O. The Morgan fingerprint density at radius 3 is 2.67 bits per heavy atom. The van der Waals surface area contributed by atoms with Crippen molar-refractivity contribution >= 4 is 46.0 Å². The molecule has 2 aromatic heterocycles. The Labute approximate surface area is 164 Å². The van der Waals surface area contributed by atoms with Gasteiger partial charge in [0.05, 0.1) is 18.4 Å². The van der Waals surface area contributed by atoms with Crippen LogP contribution in [0.5, 0.6) is 0 Å². The minimum Gasteiger partial charge on any atom is -0.467 e. The number of hydrogen-bond acceptors (Lipinski definition) is 5. The summed E-state index contributed by atoms with van der Waals surface area (Å²) < 4.78 is 5.31. The molecule has 0 spiro atoms. The van der Waals surface area contributed by atoms with Gasteiger partial charge in [-0.3, -0.25) is 14.5 Å². The largest absolute Gasteiger partial charge is 0.467 e. The molecule has 0 saturated carbocycles. The van der Waals surface area contributed by atoms with E-state index in [1.165, 1.54) is 22.5 Å². The number of benzene rings is 1. The molecule has 3 aromatic rings. The monoisotopic (exact) mass is 398 g/mol. The van der Waals surface area contributed by atoms with E-state index in [1.54, 1.807) is 30.3 Å². The van der Waals surface area contributed by atoms with Gasteiger partial charge in [0.25, 0.3) is 11.8 Å². The number of anilines is 1. The van der Waals surface area contributed by atoms with Gasteiger partial charge in [-0.2, -0.15) is 0 Å². The maximum atomic E-state index is 13.1. The Hall–Kier alpha value is -2.83. The highest BCUT2D eigenvalue weighted by Crippen LogP contribution is 2.34. The van der Waals surface area contributed by atoms with Gasteiger partial charge in [0.15, 0.2) is 0 Å². The van der Waals surface area contributed by atoms with Gasteiger partial charge in [-0.05, 0) is 54.3 Å². The first-order valence-corrected chi connectivity index (χ1v) is 9.50. The molecule has 5 nitrogen and oxygen atoms in total. The van der Waals surface area contributed by atoms with Crippen molar-refractivity contribution in [2.45, 2.75) is 13.5 Å². The van der Waals surface area contributed by atoms with E-state index in [-0.39, 0.29) is 24.1 Å². The molecular formula is C20H15ClN2O3S. The number of nitrogens with one attached hydrogen (secondary N) is 1. The number of hydrogen-bond donors (Lipinski definition) is 1. The summed E-state index contributed by atoms with van der Waals surface area (Å²) in [5.41, 5.74) is 2.24. The van der Waals surface area contributed by atoms with E-state index in [2.05, 4.69) is 5.32 Å². The van der Waals surface area contributed by atoms with Crippen molar-refractivity contribution in [2.75, 3.05) is 5.32 Å². The van der Waals surface area contributed by atoms with Crippen LogP contribution in [0.2, 0.25) is 5.02 Å². The van der Waals surface area contributed by atoms with Crippen LogP contribution in [-0.2, 0) is 16.1 Å². The number of imide groups is 1. The molecule has 1 aliphatic rings. The average molecular weight is 399 g/mol. The van der Waals surface area contributed by atoms with Crippen molar-refractivity contribution in [3.8, 4) is 0 Å². The molecule has 1 aromatic carbocycles. The standard InChI is InChI=1S/C20H15ClN2O3S/c1-12-10-13(21)6-7-15(12)22-18-17(16-5-3-9-27-16)19(24)23(20(18)25)11-14-4-2-8-26-14/h2-10,22H,11H2,1H3. The molecule has 0 bridgehead atoms. The number of nitrogens with zero attached hydrogens (tertiary/aromatic N) is 1. The first-order valence-electron chi connectivity index (χ1n) is 8.24. The van der Waals surface area contributed by atoms with Gasteiger partial charge >= 0.3 is 0 Å². The molecule has 0 fully saturated rings. The molecule has 4 rings (SSSR count). The number of thiophene rings is 1. The summed E-state index contributed by atoms with van der Waals surface area (Å²) in [4.78, 5) is 28.0. The summed E-state index contributed by atoms with van der Waals surface area (Å²) >= 11 is 7.43. The van der Waals surface area contributed by atoms with Crippen LogP contribution in [0.25, 0.3) is 5.57 Å². The third kappa shape index (κ3) is 3.29. The first-order chi connectivity index (χ1) is 13.0. The van der Waals surface area contributed by atoms with E-state index in [4.69, 9.17) is 16.0 Å². The highest BCUT2D eigenvalue weighted by Gasteiger charge is 2.40. The molecule has 1 aliphatic heterocycles. The van der Waals surface area contributed by atoms with Crippen molar-refractivity contribution in [1.29, 1.82) is 0 Å². The van der Waals surface area contributed by atoms with E-state index >= 15 is 0 Å². The zero-order valence-corrected chi connectivity index (χ0v) is 15.9. The fourth-order valence-corrected chi connectivity index (χ4v) is 3.94. The molecule has 136 valence electrons. The van der Waals surface area contributed by atoms with Crippen LogP contribution in [0, 0.1) is 6.92 Å². The Balaban J connectivity index is 1.74. The number of furan rings is 1. The van der Waals surface area contributed by atoms with Crippen LogP contribution in [0.4, 0.5) is 5.69 Å². The second kappa shape index (κ2) is 7.06. The number of carbonyl (C=O) groups excluding carboxylic acids is 2. The Bertz CT molecular complexity index is 1040. The lowest BCUT2D eigenvalue weighted by molar-refractivity contribution is -0.137. The number of amides is 2. The molecule has 0 aliphatic carbocycles. The quantitative estimate of drug-likeness (QED) is 0.633. The zero-order valence-electron chi connectivity index (χ0n) is 14.4. The van der Waals surface area contributed by atoms with Crippen LogP contribution in [-0.4, -0.2) is 16.7 Å². The normalized spacial score (nSPS) is 14.4. The van der Waals surface area contributed by atoms with Gasteiger partial charge in [-0.25, -0.2) is 0 Å². The van der Waals surface area contributed by atoms with Crippen LogP contribution >= 0.6 is 22.9 Å². The molecule has 0 radical (unpaired) electrons. The van der Waals surface area contributed by atoms with Crippen LogP contribution in [0.3, 0.4) is 0 Å². The van der Waals surface area contributed by atoms with Gasteiger partial charge in [-0.15, -0.1) is 11.3 Å². The Morgan fingerprint density at radius 2 is 2.00 bits per heavy atom. The van der Waals surface area contributed by atoms with Crippen molar-refractivity contribution in [1.82, 2.24) is 4.90 Å². The fourth-order valence-electron chi connectivity index (χ4n) is 2.95. The van der Waals surface area contributed by atoms with Crippen molar-refractivity contribution in [2.24, 2.45) is 0 Å². The van der Waals surface area contributed by atoms with Crippen molar-refractivity contribution in [3.63, 3.8) is 0 Å². The molecular weight excluding hydrogens is 384 g/mol. The van der Waals surface area contributed by atoms with E-state index in [9.17, 15) is 9.59 Å². The molecule has 0 atom stereocenters. The third-order valence-corrected chi connectivity index (χ3v) is 5.40. The summed E-state index contributed by atoms with van der Waals surface area (Å²) in [5.74, 6) is -0.173. The summed E-state index contributed by atoms with van der Waals surface area (Å²) in [6.45, 7) is 1.98. The first kappa shape index (κ1) is 17.6. The zero-order chi connectivity index (χ0) is 19.0. The average Bonchev–Trinajstić information content (AvgIpc) is 3.37. The molecule has 2 amide bonds. The number of aryl methyl sites for hydroxylation is 1. The Kier molecular flexibility index (Phi) is 4.59. The van der Waals surface area contributed by atoms with Crippen LogP contribution in [0.1, 0.15) is 16.2 Å². The summed E-state index contributed by atoms with van der Waals surface area (Å²) in [5, 5.41) is 5.63.